The maximum atomic E-state index is 13.0. The van der Waals surface area contributed by atoms with Crippen LogP contribution in [0.25, 0.3) is 0 Å². The standard InChI is InChI=1S/C23H29NO4S/c1-15-12-16(2)14-24(13-15)29(26,27)21-10-8-20(9-11-21)23(25)28-22-18(4)7-6-17(3)19(22)5/h6-11,15-16H,12-14H2,1-5H3/t15-,16-/m0/s1. The predicted molar refractivity (Wildman–Crippen MR) is 114 cm³/mol. The number of carbonyl (C=O) groups excluding carboxylic acids is 1. The van der Waals surface area contributed by atoms with Crippen molar-refractivity contribution in [1.29, 1.82) is 0 Å². The number of rotatable bonds is 4. The minimum Gasteiger partial charge on any atom is -0.422 e. The summed E-state index contributed by atoms with van der Waals surface area (Å²) in [7, 11) is -3.57. The highest BCUT2D eigenvalue weighted by Crippen LogP contribution is 2.28. The van der Waals surface area contributed by atoms with E-state index in [9.17, 15) is 13.2 Å². The van der Waals surface area contributed by atoms with Gasteiger partial charge in [0.05, 0.1) is 10.5 Å². The van der Waals surface area contributed by atoms with E-state index >= 15 is 0 Å². The third-order valence-corrected chi connectivity index (χ3v) is 7.48. The number of sulfonamides is 1. The van der Waals surface area contributed by atoms with Crippen molar-refractivity contribution in [2.45, 2.75) is 45.9 Å². The SMILES string of the molecule is Cc1ccc(C)c(OC(=O)c2ccc(S(=O)(=O)N3C[C@@H](C)C[C@H](C)C3)cc2)c1C. The van der Waals surface area contributed by atoms with E-state index < -0.39 is 16.0 Å². The van der Waals surface area contributed by atoms with Gasteiger partial charge < -0.3 is 4.74 Å². The molecule has 2 aromatic carbocycles. The number of carbonyl (C=O) groups is 1. The van der Waals surface area contributed by atoms with Gasteiger partial charge in [-0.05, 0) is 80.0 Å². The Labute approximate surface area is 173 Å². The number of benzene rings is 2. The van der Waals surface area contributed by atoms with E-state index in [4.69, 9.17) is 4.74 Å². The number of piperidine rings is 1. The fraction of sp³-hybridized carbons (Fsp3) is 0.435. The number of nitrogens with zero attached hydrogens (tertiary/aromatic N) is 1. The zero-order valence-electron chi connectivity index (χ0n) is 17.7. The van der Waals surface area contributed by atoms with Gasteiger partial charge in [0.15, 0.2) is 0 Å². The van der Waals surface area contributed by atoms with Crippen LogP contribution < -0.4 is 4.74 Å². The second-order valence-electron chi connectivity index (χ2n) is 8.34. The summed E-state index contributed by atoms with van der Waals surface area (Å²) >= 11 is 0. The first-order valence-corrected chi connectivity index (χ1v) is 11.4. The van der Waals surface area contributed by atoms with Gasteiger partial charge in [-0.1, -0.05) is 26.0 Å². The number of aryl methyl sites for hydroxylation is 2. The molecule has 29 heavy (non-hydrogen) atoms. The van der Waals surface area contributed by atoms with Crippen LogP contribution in [0.3, 0.4) is 0 Å². The van der Waals surface area contributed by atoms with E-state index in [2.05, 4.69) is 13.8 Å². The van der Waals surface area contributed by atoms with Gasteiger partial charge in [0.1, 0.15) is 5.75 Å². The molecule has 0 saturated carbocycles. The lowest BCUT2D eigenvalue weighted by molar-refractivity contribution is 0.0732. The van der Waals surface area contributed by atoms with Crippen LogP contribution >= 0.6 is 0 Å². The van der Waals surface area contributed by atoms with Crippen LogP contribution in [0.2, 0.25) is 0 Å². The molecule has 0 bridgehead atoms. The molecule has 1 fully saturated rings. The van der Waals surface area contributed by atoms with Gasteiger partial charge in [-0.15, -0.1) is 0 Å². The fourth-order valence-electron chi connectivity index (χ4n) is 3.95. The van der Waals surface area contributed by atoms with Crippen molar-refractivity contribution in [3.63, 3.8) is 0 Å². The normalized spacial score (nSPS) is 20.4. The zero-order valence-corrected chi connectivity index (χ0v) is 18.5. The molecule has 1 heterocycles. The summed E-state index contributed by atoms with van der Waals surface area (Å²) in [5.74, 6) is 0.737. The van der Waals surface area contributed by atoms with Crippen LogP contribution in [0.15, 0.2) is 41.3 Å². The minimum absolute atomic E-state index is 0.207. The third kappa shape index (κ3) is 4.54. The molecule has 2 atom stereocenters. The summed E-state index contributed by atoms with van der Waals surface area (Å²) in [6.07, 6.45) is 1.04. The van der Waals surface area contributed by atoms with Crippen molar-refractivity contribution in [2.75, 3.05) is 13.1 Å². The predicted octanol–water partition coefficient (Wildman–Crippen LogP) is 4.50. The lowest BCUT2D eigenvalue weighted by Crippen LogP contribution is -2.42. The number of hydrogen-bond acceptors (Lipinski definition) is 4. The van der Waals surface area contributed by atoms with E-state index in [-0.39, 0.29) is 4.90 Å². The Hall–Kier alpha value is -2.18. The molecular formula is C23H29NO4S. The van der Waals surface area contributed by atoms with Crippen molar-refractivity contribution < 1.29 is 17.9 Å². The van der Waals surface area contributed by atoms with Crippen LogP contribution in [-0.2, 0) is 10.0 Å². The molecule has 0 radical (unpaired) electrons. The van der Waals surface area contributed by atoms with Crippen LogP contribution in [0.5, 0.6) is 5.75 Å². The largest absolute Gasteiger partial charge is 0.422 e. The Balaban J connectivity index is 1.80. The number of ether oxygens (including phenoxy) is 1. The average Bonchev–Trinajstić information content (AvgIpc) is 2.67. The Morgan fingerprint density at radius 1 is 0.931 bits per heavy atom. The van der Waals surface area contributed by atoms with Gasteiger partial charge in [-0.3, -0.25) is 0 Å². The first kappa shape index (κ1) is 21.5. The van der Waals surface area contributed by atoms with Crippen molar-refractivity contribution in [1.82, 2.24) is 4.31 Å². The smallest absolute Gasteiger partial charge is 0.343 e. The van der Waals surface area contributed by atoms with Gasteiger partial charge in [-0.25, -0.2) is 13.2 Å². The molecule has 0 amide bonds. The summed E-state index contributed by atoms with van der Waals surface area (Å²) < 4.78 is 33.1. The molecule has 1 aliphatic rings. The molecule has 1 saturated heterocycles. The third-order valence-electron chi connectivity index (χ3n) is 5.63. The van der Waals surface area contributed by atoms with Gasteiger partial charge in [0.25, 0.3) is 0 Å². The van der Waals surface area contributed by atoms with Crippen molar-refractivity contribution in [3.05, 3.63) is 58.7 Å². The maximum absolute atomic E-state index is 13.0. The summed E-state index contributed by atoms with van der Waals surface area (Å²) in [6.45, 7) is 11.0. The molecular weight excluding hydrogens is 386 g/mol. The summed E-state index contributed by atoms with van der Waals surface area (Å²) in [6, 6.07) is 9.93. The molecule has 5 nitrogen and oxygen atoms in total. The summed E-state index contributed by atoms with van der Waals surface area (Å²) in [5.41, 5.74) is 3.18. The van der Waals surface area contributed by atoms with E-state index in [1.54, 1.807) is 4.31 Å². The van der Waals surface area contributed by atoms with Crippen LogP contribution in [0.1, 0.15) is 47.3 Å². The molecule has 0 aromatic heterocycles. The molecule has 3 rings (SSSR count). The first-order chi connectivity index (χ1) is 13.6. The molecule has 0 aliphatic carbocycles. The summed E-state index contributed by atoms with van der Waals surface area (Å²) in [5, 5.41) is 0. The minimum atomic E-state index is -3.57. The molecule has 6 heteroatoms. The van der Waals surface area contributed by atoms with Gasteiger partial charge in [0, 0.05) is 13.1 Å². The molecule has 2 aromatic rings. The number of hydrogen-bond donors (Lipinski definition) is 0. The van der Waals surface area contributed by atoms with Crippen LogP contribution in [-0.4, -0.2) is 31.8 Å². The topological polar surface area (TPSA) is 63.7 Å². The quantitative estimate of drug-likeness (QED) is 0.545. The van der Waals surface area contributed by atoms with Gasteiger partial charge >= 0.3 is 5.97 Å². The number of esters is 1. The van der Waals surface area contributed by atoms with Gasteiger partial charge in [0.2, 0.25) is 10.0 Å². The highest BCUT2D eigenvalue weighted by molar-refractivity contribution is 7.89. The van der Waals surface area contributed by atoms with Crippen molar-refractivity contribution in [2.24, 2.45) is 11.8 Å². The Morgan fingerprint density at radius 3 is 2.07 bits per heavy atom. The first-order valence-electron chi connectivity index (χ1n) is 9.98. The molecule has 0 N–H and O–H groups in total. The average molecular weight is 416 g/mol. The lowest BCUT2D eigenvalue weighted by Gasteiger charge is -2.34. The zero-order chi connectivity index (χ0) is 21.3. The van der Waals surface area contributed by atoms with Gasteiger partial charge in [-0.2, -0.15) is 4.31 Å². The van der Waals surface area contributed by atoms with E-state index in [1.165, 1.54) is 24.3 Å². The highest BCUT2D eigenvalue weighted by Gasteiger charge is 2.31. The van der Waals surface area contributed by atoms with E-state index in [0.29, 0.717) is 36.2 Å². The van der Waals surface area contributed by atoms with E-state index in [0.717, 1.165) is 23.1 Å². The van der Waals surface area contributed by atoms with Crippen LogP contribution in [0, 0.1) is 32.6 Å². The van der Waals surface area contributed by atoms with Crippen LogP contribution in [0.4, 0.5) is 0 Å². The second-order valence-corrected chi connectivity index (χ2v) is 10.3. The highest BCUT2D eigenvalue weighted by atomic mass is 32.2. The fourth-order valence-corrected chi connectivity index (χ4v) is 5.63. The van der Waals surface area contributed by atoms with Crippen molar-refractivity contribution in [3.8, 4) is 5.75 Å². The van der Waals surface area contributed by atoms with Crippen molar-refractivity contribution >= 4 is 16.0 Å². The molecule has 0 spiro atoms. The Bertz CT molecular complexity index is 1000. The second kappa shape index (κ2) is 8.28. The monoisotopic (exact) mass is 415 g/mol. The lowest BCUT2D eigenvalue weighted by atomic mass is 9.94. The maximum Gasteiger partial charge on any atom is 0.343 e. The summed E-state index contributed by atoms with van der Waals surface area (Å²) in [4.78, 5) is 12.8. The van der Waals surface area contributed by atoms with E-state index in [1.807, 2.05) is 32.9 Å². The molecule has 1 aliphatic heterocycles. The molecule has 156 valence electrons. The molecule has 0 unspecified atom stereocenters. The Morgan fingerprint density at radius 2 is 1.48 bits per heavy atom. The Kier molecular flexibility index (Phi) is 6.15.